The van der Waals surface area contributed by atoms with Crippen molar-refractivity contribution in [3.63, 3.8) is 0 Å². The molecule has 0 fully saturated rings. The van der Waals surface area contributed by atoms with Crippen LogP contribution in [-0.2, 0) is 11.3 Å². The molecule has 1 amide bonds. The van der Waals surface area contributed by atoms with Gasteiger partial charge in [-0.05, 0) is 37.3 Å². The number of halogens is 2. The molecule has 4 rings (SSSR count). The molecule has 1 aliphatic heterocycles. The molecule has 0 spiro atoms. The van der Waals surface area contributed by atoms with Crippen LogP contribution < -0.4 is 11.1 Å². The van der Waals surface area contributed by atoms with Crippen molar-refractivity contribution in [2.75, 3.05) is 11.9 Å². The minimum atomic E-state index is -0.493. The Morgan fingerprint density at radius 1 is 1.24 bits per heavy atom. The molecule has 148 valence electrons. The van der Waals surface area contributed by atoms with E-state index < -0.39 is 5.82 Å². The van der Waals surface area contributed by atoms with Crippen LogP contribution in [-0.4, -0.2) is 26.9 Å². The lowest BCUT2D eigenvalue weighted by Crippen LogP contribution is -2.33. The third kappa shape index (κ3) is 3.74. The number of hydrogen-bond donors (Lipinski definition) is 2. The Hall–Kier alpha value is -3.16. The number of aryl methyl sites for hydroxylation is 1. The summed E-state index contributed by atoms with van der Waals surface area (Å²) in [6.45, 7) is 2.21. The Bertz CT molecular complexity index is 1110. The maximum atomic E-state index is 13.7. The first-order valence-corrected chi connectivity index (χ1v) is 9.42. The summed E-state index contributed by atoms with van der Waals surface area (Å²) >= 11 is 5.99. The molecule has 0 saturated heterocycles. The van der Waals surface area contributed by atoms with Gasteiger partial charge in [0.25, 0.3) is 0 Å². The van der Waals surface area contributed by atoms with E-state index in [1.54, 1.807) is 18.5 Å². The molecule has 2 aromatic carbocycles. The topological polar surface area (TPSA) is 76.2 Å². The number of anilines is 2. The number of amides is 1. The molecule has 6 nitrogen and oxygen atoms in total. The fourth-order valence-electron chi connectivity index (χ4n) is 3.13. The highest BCUT2D eigenvalue weighted by atomic mass is 35.5. The van der Waals surface area contributed by atoms with Crippen molar-refractivity contribution in [2.45, 2.75) is 13.5 Å². The van der Waals surface area contributed by atoms with Crippen LogP contribution in [0.3, 0.4) is 0 Å². The van der Waals surface area contributed by atoms with E-state index in [1.165, 1.54) is 17.0 Å². The number of fused-ring (bicyclic) bond motifs is 1. The molecular formula is C21H19ClFN5O. The van der Waals surface area contributed by atoms with Gasteiger partial charge in [-0.2, -0.15) is 0 Å². The van der Waals surface area contributed by atoms with Gasteiger partial charge in [0.2, 0.25) is 5.91 Å². The first kappa shape index (κ1) is 19.2. The van der Waals surface area contributed by atoms with Gasteiger partial charge in [-0.3, -0.25) is 9.36 Å². The van der Waals surface area contributed by atoms with E-state index in [0.29, 0.717) is 22.9 Å². The summed E-state index contributed by atoms with van der Waals surface area (Å²) in [5.74, 6) is 0.656. The molecule has 1 aliphatic rings. The fourth-order valence-corrected chi connectivity index (χ4v) is 3.31. The predicted octanol–water partition coefficient (Wildman–Crippen LogP) is 4.12. The Labute approximate surface area is 172 Å². The molecule has 8 heteroatoms. The Kier molecular flexibility index (Phi) is 5.08. The monoisotopic (exact) mass is 411 g/mol. The molecule has 3 aromatic rings. The van der Waals surface area contributed by atoms with Crippen molar-refractivity contribution in [1.82, 2.24) is 14.5 Å². The highest BCUT2D eigenvalue weighted by Crippen LogP contribution is 2.35. The number of benzene rings is 2. The summed E-state index contributed by atoms with van der Waals surface area (Å²) < 4.78 is 15.5. The third-order valence-corrected chi connectivity index (χ3v) is 4.98. The minimum Gasteiger partial charge on any atom is -0.339 e. The molecule has 2 heterocycles. The quantitative estimate of drug-likeness (QED) is 0.677. The van der Waals surface area contributed by atoms with Gasteiger partial charge in [-0.25, -0.2) is 9.37 Å². The predicted molar refractivity (Wildman–Crippen MR) is 112 cm³/mol. The van der Waals surface area contributed by atoms with E-state index in [2.05, 4.69) is 5.32 Å². The highest BCUT2D eigenvalue weighted by molar-refractivity contribution is 6.31. The number of hydrogen-bond acceptors (Lipinski definition) is 4. The van der Waals surface area contributed by atoms with E-state index in [9.17, 15) is 9.18 Å². The van der Waals surface area contributed by atoms with E-state index >= 15 is 0 Å². The van der Waals surface area contributed by atoms with Gasteiger partial charge < -0.3 is 16.0 Å². The maximum absolute atomic E-state index is 13.7. The van der Waals surface area contributed by atoms with E-state index in [-0.39, 0.29) is 24.0 Å². The average molecular weight is 412 g/mol. The molecule has 3 N–H and O–H groups in total. The number of nitrogens with two attached hydrogens (primary N) is 1. The number of carbonyl (C=O) groups is 1. The van der Waals surface area contributed by atoms with Crippen molar-refractivity contribution in [2.24, 2.45) is 5.73 Å². The van der Waals surface area contributed by atoms with Crippen molar-refractivity contribution < 1.29 is 9.18 Å². The second-order valence-corrected chi connectivity index (χ2v) is 7.15. The molecule has 0 unspecified atom stereocenters. The van der Waals surface area contributed by atoms with Gasteiger partial charge in [0.15, 0.2) is 0 Å². The van der Waals surface area contributed by atoms with Crippen molar-refractivity contribution in [3.05, 3.63) is 70.9 Å². The van der Waals surface area contributed by atoms with Crippen LogP contribution in [0, 0.1) is 12.7 Å². The largest absolute Gasteiger partial charge is 0.339 e. The lowest BCUT2D eigenvalue weighted by molar-refractivity contribution is -0.127. The molecule has 0 radical (unpaired) electrons. The smallest absolute Gasteiger partial charge is 0.240 e. The second kappa shape index (κ2) is 7.69. The lowest BCUT2D eigenvalue weighted by Gasteiger charge is -2.22. The SMILES string of the molecule is Cc1ccc(Nc2c(-c3ccc(F)c(Cl)c3)nc3n2C=CN(C(=O)CN)C3)cc1. The van der Waals surface area contributed by atoms with Crippen LogP contribution in [0.15, 0.2) is 48.7 Å². The van der Waals surface area contributed by atoms with Gasteiger partial charge >= 0.3 is 0 Å². The van der Waals surface area contributed by atoms with Crippen LogP contribution in [0.1, 0.15) is 11.4 Å². The Morgan fingerprint density at radius 2 is 2.00 bits per heavy atom. The molecular weight excluding hydrogens is 393 g/mol. The van der Waals surface area contributed by atoms with Crippen LogP contribution in [0.4, 0.5) is 15.9 Å². The summed E-state index contributed by atoms with van der Waals surface area (Å²) in [4.78, 5) is 18.2. The van der Waals surface area contributed by atoms with Gasteiger partial charge in [0, 0.05) is 23.7 Å². The highest BCUT2D eigenvalue weighted by Gasteiger charge is 2.24. The van der Waals surface area contributed by atoms with Crippen molar-refractivity contribution in [1.29, 1.82) is 0 Å². The number of imidazole rings is 1. The first-order valence-electron chi connectivity index (χ1n) is 9.04. The minimum absolute atomic E-state index is 0.0187. The lowest BCUT2D eigenvalue weighted by atomic mass is 10.1. The average Bonchev–Trinajstić information content (AvgIpc) is 3.08. The Balaban J connectivity index is 1.80. The van der Waals surface area contributed by atoms with Gasteiger partial charge in [-0.1, -0.05) is 29.3 Å². The van der Waals surface area contributed by atoms with E-state index in [1.807, 2.05) is 35.8 Å². The first-order chi connectivity index (χ1) is 14.0. The zero-order valence-electron chi connectivity index (χ0n) is 15.7. The number of aromatic nitrogens is 2. The molecule has 0 bridgehead atoms. The second-order valence-electron chi connectivity index (χ2n) is 6.74. The molecule has 0 saturated carbocycles. The number of carbonyl (C=O) groups excluding carboxylic acids is 1. The Morgan fingerprint density at radius 3 is 2.69 bits per heavy atom. The maximum Gasteiger partial charge on any atom is 0.240 e. The van der Waals surface area contributed by atoms with Crippen LogP contribution in [0.2, 0.25) is 5.02 Å². The van der Waals surface area contributed by atoms with Crippen molar-refractivity contribution in [3.8, 4) is 11.3 Å². The third-order valence-electron chi connectivity index (χ3n) is 4.69. The molecule has 1 aromatic heterocycles. The number of nitrogens with one attached hydrogen (secondary N) is 1. The fraction of sp³-hybridized carbons (Fsp3) is 0.143. The zero-order chi connectivity index (χ0) is 20.5. The summed E-state index contributed by atoms with van der Waals surface area (Å²) in [6.07, 6.45) is 3.43. The van der Waals surface area contributed by atoms with Crippen LogP contribution in [0.25, 0.3) is 17.5 Å². The molecule has 0 aliphatic carbocycles. The van der Waals surface area contributed by atoms with Crippen LogP contribution in [0.5, 0.6) is 0 Å². The van der Waals surface area contributed by atoms with Crippen LogP contribution >= 0.6 is 11.6 Å². The molecule has 29 heavy (non-hydrogen) atoms. The van der Waals surface area contributed by atoms with Crippen molar-refractivity contribution >= 4 is 35.2 Å². The molecule has 0 atom stereocenters. The number of nitrogens with zero attached hydrogens (tertiary/aromatic N) is 3. The number of rotatable bonds is 4. The van der Waals surface area contributed by atoms with E-state index in [0.717, 1.165) is 11.3 Å². The standard InChI is InChI=1S/C21H19ClFN5O/c1-13-2-5-15(6-3-13)25-21-20(14-4-7-17(23)16(22)10-14)26-18-12-27(19(29)11-24)8-9-28(18)21/h2-10,25H,11-12,24H2,1H3. The van der Waals surface area contributed by atoms with Gasteiger partial charge in [-0.15, -0.1) is 0 Å². The van der Waals surface area contributed by atoms with Gasteiger partial charge in [0.05, 0.1) is 18.1 Å². The normalized spacial score (nSPS) is 12.8. The summed E-state index contributed by atoms with van der Waals surface area (Å²) in [5, 5.41) is 3.40. The summed E-state index contributed by atoms with van der Waals surface area (Å²) in [7, 11) is 0. The summed E-state index contributed by atoms with van der Waals surface area (Å²) in [5.41, 5.74) is 8.77. The van der Waals surface area contributed by atoms with Gasteiger partial charge in [0.1, 0.15) is 23.2 Å². The van der Waals surface area contributed by atoms with E-state index in [4.69, 9.17) is 22.3 Å². The summed E-state index contributed by atoms with van der Waals surface area (Å²) in [6, 6.07) is 12.4. The zero-order valence-corrected chi connectivity index (χ0v) is 16.4.